The minimum atomic E-state index is -3.52. The smallest absolute Gasteiger partial charge is 0.255 e. The molecule has 3 aromatic rings. The van der Waals surface area contributed by atoms with Crippen LogP contribution in [0.1, 0.15) is 47.8 Å². The van der Waals surface area contributed by atoms with Gasteiger partial charge in [0.25, 0.3) is 5.91 Å². The highest BCUT2D eigenvalue weighted by Crippen LogP contribution is 2.32. The molecule has 2 heterocycles. The van der Waals surface area contributed by atoms with Gasteiger partial charge in [0.2, 0.25) is 10.0 Å². The molecule has 2 aromatic carbocycles. The molecule has 7 heteroatoms. The molecule has 1 aliphatic heterocycles. The van der Waals surface area contributed by atoms with Crippen LogP contribution in [0.3, 0.4) is 0 Å². The van der Waals surface area contributed by atoms with Crippen LogP contribution >= 0.6 is 0 Å². The van der Waals surface area contributed by atoms with Gasteiger partial charge in [0.05, 0.1) is 4.90 Å². The van der Waals surface area contributed by atoms with Crippen LogP contribution in [0.2, 0.25) is 0 Å². The second-order valence-electron chi connectivity index (χ2n) is 8.78. The fraction of sp³-hybridized carbons (Fsp3) is 0.375. The molecular weight excluding hydrogens is 410 g/mol. The van der Waals surface area contributed by atoms with E-state index in [0.29, 0.717) is 30.3 Å². The molecule has 2 N–H and O–H groups in total. The number of nitrogens with one attached hydrogen (secondary N) is 2. The van der Waals surface area contributed by atoms with Crippen molar-refractivity contribution in [3.05, 3.63) is 59.3 Å². The molecular formula is C24H27N3O3S. The molecule has 2 aliphatic rings. The van der Waals surface area contributed by atoms with E-state index in [1.165, 1.54) is 22.0 Å². The first-order valence-corrected chi connectivity index (χ1v) is 12.4. The first-order valence-electron chi connectivity index (χ1n) is 11.0. The lowest BCUT2D eigenvalue weighted by atomic mass is 9.87. The Morgan fingerprint density at radius 3 is 2.74 bits per heavy atom. The van der Waals surface area contributed by atoms with Crippen LogP contribution < -0.4 is 5.32 Å². The highest BCUT2D eigenvalue weighted by molar-refractivity contribution is 7.89. The van der Waals surface area contributed by atoms with E-state index in [-0.39, 0.29) is 10.8 Å². The molecule has 162 valence electrons. The number of hydrogen-bond acceptors (Lipinski definition) is 3. The molecule has 0 spiro atoms. The van der Waals surface area contributed by atoms with E-state index in [0.717, 1.165) is 36.6 Å². The molecule has 5 rings (SSSR count). The Morgan fingerprint density at radius 2 is 1.94 bits per heavy atom. The molecule has 0 saturated carbocycles. The van der Waals surface area contributed by atoms with Gasteiger partial charge in [-0.3, -0.25) is 4.79 Å². The summed E-state index contributed by atoms with van der Waals surface area (Å²) in [7, 11) is -3.52. The SMILES string of the molecule is C[C@@H]1CCc2[nH]c3ccc(C(=O)Nc4cccc(S(=O)(=O)N5CCCC5)c4)cc3c2C1. The zero-order chi connectivity index (χ0) is 21.6. The van der Waals surface area contributed by atoms with Crippen LogP contribution in [0, 0.1) is 5.92 Å². The number of nitrogens with zero attached hydrogens (tertiary/aromatic N) is 1. The van der Waals surface area contributed by atoms with Gasteiger partial charge in [-0.05, 0) is 80.0 Å². The predicted octanol–water partition coefficient (Wildman–Crippen LogP) is 4.33. The van der Waals surface area contributed by atoms with Crippen LogP contribution in [0.15, 0.2) is 47.4 Å². The van der Waals surface area contributed by atoms with E-state index < -0.39 is 10.0 Å². The normalized spacial score (nSPS) is 19.5. The number of aryl methyl sites for hydroxylation is 1. The van der Waals surface area contributed by atoms with E-state index in [1.807, 2.05) is 18.2 Å². The number of fused-ring (bicyclic) bond motifs is 3. The van der Waals surface area contributed by atoms with Crippen molar-refractivity contribution >= 4 is 32.5 Å². The van der Waals surface area contributed by atoms with Crippen LogP contribution in [0.25, 0.3) is 10.9 Å². The number of carbonyl (C=O) groups is 1. The summed E-state index contributed by atoms with van der Waals surface area (Å²) in [6, 6.07) is 12.2. The van der Waals surface area contributed by atoms with Crippen LogP contribution in [0.4, 0.5) is 5.69 Å². The Labute approximate surface area is 182 Å². The summed E-state index contributed by atoms with van der Waals surface area (Å²) in [5, 5.41) is 3.99. The maximum absolute atomic E-state index is 12.9. The van der Waals surface area contributed by atoms with Crippen LogP contribution in [-0.4, -0.2) is 36.7 Å². The van der Waals surface area contributed by atoms with Crippen molar-refractivity contribution in [3.63, 3.8) is 0 Å². The molecule has 1 amide bonds. The molecule has 6 nitrogen and oxygen atoms in total. The lowest BCUT2D eigenvalue weighted by Crippen LogP contribution is -2.27. The first-order chi connectivity index (χ1) is 14.9. The van der Waals surface area contributed by atoms with Crippen molar-refractivity contribution in [1.29, 1.82) is 0 Å². The first kappa shape index (κ1) is 20.3. The number of H-pyrrole nitrogens is 1. The summed E-state index contributed by atoms with van der Waals surface area (Å²) in [6.07, 6.45) is 5.03. The van der Waals surface area contributed by atoms with Crippen LogP contribution in [0.5, 0.6) is 0 Å². The summed E-state index contributed by atoms with van der Waals surface area (Å²) >= 11 is 0. The molecule has 1 aromatic heterocycles. The van der Waals surface area contributed by atoms with Gasteiger partial charge < -0.3 is 10.3 Å². The number of carbonyl (C=O) groups excluding carboxylic acids is 1. The van der Waals surface area contributed by atoms with Crippen LogP contribution in [-0.2, 0) is 22.9 Å². The molecule has 31 heavy (non-hydrogen) atoms. The van der Waals surface area contributed by atoms with Gasteiger partial charge in [-0.2, -0.15) is 4.31 Å². The minimum absolute atomic E-state index is 0.219. The number of hydrogen-bond donors (Lipinski definition) is 2. The quantitative estimate of drug-likeness (QED) is 0.637. The van der Waals surface area contributed by atoms with Crippen molar-refractivity contribution in [1.82, 2.24) is 9.29 Å². The molecule has 1 saturated heterocycles. The fourth-order valence-corrected chi connectivity index (χ4v) is 6.31. The minimum Gasteiger partial charge on any atom is -0.358 e. The van der Waals surface area contributed by atoms with Gasteiger partial charge in [0.1, 0.15) is 0 Å². The monoisotopic (exact) mass is 437 g/mol. The van der Waals surface area contributed by atoms with Crippen molar-refractivity contribution in [2.24, 2.45) is 5.92 Å². The zero-order valence-corrected chi connectivity index (χ0v) is 18.5. The van der Waals surface area contributed by atoms with Gasteiger partial charge in [0.15, 0.2) is 0 Å². The summed E-state index contributed by atoms with van der Waals surface area (Å²) in [4.78, 5) is 16.7. The zero-order valence-electron chi connectivity index (χ0n) is 17.6. The molecule has 1 atom stereocenters. The van der Waals surface area contributed by atoms with Gasteiger partial charge >= 0.3 is 0 Å². The molecule has 0 radical (unpaired) electrons. The van der Waals surface area contributed by atoms with Crippen molar-refractivity contribution < 1.29 is 13.2 Å². The van der Waals surface area contributed by atoms with E-state index in [1.54, 1.807) is 24.3 Å². The van der Waals surface area contributed by atoms with Crippen molar-refractivity contribution in [2.45, 2.75) is 43.9 Å². The maximum Gasteiger partial charge on any atom is 0.255 e. The van der Waals surface area contributed by atoms with Gasteiger partial charge in [-0.15, -0.1) is 0 Å². The average Bonchev–Trinajstić information content (AvgIpc) is 3.42. The predicted molar refractivity (Wildman–Crippen MR) is 122 cm³/mol. The second kappa shape index (κ2) is 7.80. The summed E-state index contributed by atoms with van der Waals surface area (Å²) < 4.78 is 27.2. The van der Waals surface area contributed by atoms with Crippen molar-refractivity contribution in [3.8, 4) is 0 Å². The fourth-order valence-electron chi connectivity index (χ4n) is 4.75. The highest BCUT2D eigenvalue weighted by atomic mass is 32.2. The molecule has 0 bridgehead atoms. The van der Waals surface area contributed by atoms with E-state index >= 15 is 0 Å². The third kappa shape index (κ3) is 3.77. The summed E-state index contributed by atoms with van der Waals surface area (Å²) in [5.74, 6) is 0.403. The van der Waals surface area contributed by atoms with Gasteiger partial charge in [-0.1, -0.05) is 13.0 Å². The Bertz CT molecular complexity index is 1260. The number of rotatable bonds is 4. The van der Waals surface area contributed by atoms with Crippen molar-refractivity contribution in [2.75, 3.05) is 18.4 Å². The number of benzene rings is 2. The number of amides is 1. The number of aromatic nitrogens is 1. The lowest BCUT2D eigenvalue weighted by molar-refractivity contribution is 0.102. The number of aromatic amines is 1. The number of anilines is 1. The van der Waals surface area contributed by atoms with Gasteiger partial charge in [-0.25, -0.2) is 8.42 Å². The molecule has 1 fully saturated rings. The molecule has 1 aliphatic carbocycles. The van der Waals surface area contributed by atoms with E-state index in [2.05, 4.69) is 17.2 Å². The lowest BCUT2D eigenvalue weighted by Gasteiger charge is -2.18. The highest BCUT2D eigenvalue weighted by Gasteiger charge is 2.27. The summed E-state index contributed by atoms with van der Waals surface area (Å²) in [6.45, 7) is 3.37. The second-order valence-corrected chi connectivity index (χ2v) is 10.7. The third-order valence-corrected chi connectivity index (χ3v) is 8.39. The van der Waals surface area contributed by atoms with Gasteiger partial charge in [0, 0.05) is 40.9 Å². The molecule has 0 unspecified atom stereocenters. The summed E-state index contributed by atoms with van der Waals surface area (Å²) in [5.41, 5.74) is 4.72. The Hall–Kier alpha value is -2.64. The standard InChI is InChI=1S/C24H27N3O3S/c1-16-7-9-22-20(13-16)21-14-17(8-10-23(21)26-22)24(28)25-18-5-4-6-19(15-18)31(29,30)27-11-2-3-12-27/h4-6,8,10,14-16,26H,2-3,7,9,11-13H2,1H3,(H,25,28)/t16-/m1/s1. The largest absolute Gasteiger partial charge is 0.358 e. The van der Waals surface area contributed by atoms with E-state index in [4.69, 9.17) is 0 Å². The topological polar surface area (TPSA) is 82.3 Å². The maximum atomic E-state index is 12.9. The Balaban J connectivity index is 1.40. The van der Waals surface area contributed by atoms with E-state index in [9.17, 15) is 13.2 Å². The third-order valence-electron chi connectivity index (χ3n) is 6.49. The average molecular weight is 438 g/mol. The Morgan fingerprint density at radius 1 is 1.13 bits per heavy atom. The number of sulfonamides is 1. The Kier molecular flexibility index (Phi) is 5.10.